The predicted molar refractivity (Wildman–Crippen MR) is 135 cm³/mol. The van der Waals surface area contributed by atoms with E-state index in [1.54, 1.807) is 25.3 Å². The first-order valence-corrected chi connectivity index (χ1v) is 12.4. The number of rotatable bonds is 10. The van der Waals surface area contributed by atoms with Crippen LogP contribution in [-0.4, -0.2) is 43.4 Å². The summed E-state index contributed by atoms with van der Waals surface area (Å²) in [6.07, 6.45) is 3.54. The van der Waals surface area contributed by atoms with Gasteiger partial charge in [-0.05, 0) is 61.4 Å². The van der Waals surface area contributed by atoms with Gasteiger partial charge in [0, 0.05) is 25.8 Å². The van der Waals surface area contributed by atoms with Gasteiger partial charge in [0.1, 0.15) is 11.0 Å². The molecule has 1 aromatic heterocycles. The lowest BCUT2D eigenvalue weighted by Gasteiger charge is -2.38. The number of anilines is 3. The molecule has 186 valence electrons. The summed E-state index contributed by atoms with van der Waals surface area (Å²) >= 11 is 5.96. The fourth-order valence-electron chi connectivity index (χ4n) is 4.31. The van der Waals surface area contributed by atoms with Crippen LogP contribution in [0.2, 0.25) is 5.15 Å². The monoisotopic (exact) mass is 491 g/mol. The molecule has 1 unspecified atom stereocenters. The van der Waals surface area contributed by atoms with Crippen molar-refractivity contribution in [1.82, 2.24) is 4.98 Å². The van der Waals surface area contributed by atoms with E-state index in [2.05, 4.69) is 29.0 Å². The van der Waals surface area contributed by atoms with Crippen LogP contribution in [0.5, 0.6) is 0 Å². The molecule has 3 rings (SSSR count). The molecule has 1 aliphatic heterocycles. The topological polar surface area (TPSA) is 63.7 Å². The number of hydrogen-bond donors (Lipinski definition) is 1. The van der Waals surface area contributed by atoms with E-state index >= 15 is 4.39 Å². The van der Waals surface area contributed by atoms with E-state index in [1.807, 2.05) is 19.1 Å². The quantitative estimate of drug-likeness (QED) is 0.310. The third-order valence-electron chi connectivity index (χ3n) is 5.93. The molecule has 34 heavy (non-hydrogen) atoms. The van der Waals surface area contributed by atoms with Gasteiger partial charge < -0.3 is 19.7 Å². The van der Waals surface area contributed by atoms with Gasteiger partial charge in [-0.1, -0.05) is 32.4 Å². The van der Waals surface area contributed by atoms with Crippen molar-refractivity contribution in [3.8, 4) is 0 Å². The van der Waals surface area contributed by atoms with E-state index in [-0.39, 0.29) is 30.2 Å². The Balaban J connectivity index is 2.03. The Kier molecular flexibility index (Phi) is 9.54. The van der Waals surface area contributed by atoms with Crippen molar-refractivity contribution in [3.63, 3.8) is 0 Å². The second kappa shape index (κ2) is 12.4. The van der Waals surface area contributed by atoms with Crippen LogP contribution in [0.1, 0.15) is 58.4 Å². The highest BCUT2D eigenvalue weighted by Gasteiger charge is 2.27. The molecule has 0 radical (unpaired) electrons. The maximum Gasteiger partial charge on any atom is 0.306 e. The normalized spacial score (nSPS) is 15.3. The van der Waals surface area contributed by atoms with Gasteiger partial charge in [-0.15, -0.1) is 0 Å². The van der Waals surface area contributed by atoms with Gasteiger partial charge in [0.05, 0.1) is 36.3 Å². The molecule has 2 aromatic rings. The van der Waals surface area contributed by atoms with Crippen LogP contribution in [0.25, 0.3) is 0 Å². The summed E-state index contributed by atoms with van der Waals surface area (Å²) in [5.41, 5.74) is 2.78. The Morgan fingerprint density at radius 1 is 1.29 bits per heavy atom. The molecule has 0 saturated carbocycles. The third kappa shape index (κ3) is 7.06. The fraction of sp³-hybridized carbons (Fsp3) is 0.538. The van der Waals surface area contributed by atoms with E-state index in [1.165, 1.54) is 0 Å². The van der Waals surface area contributed by atoms with Crippen molar-refractivity contribution >= 4 is 34.6 Å². The van der Waals surface area contributed by atoms with Gasteiger partial charge >= 0.3 is 5.97 Å². The predicted octanol–water partition coefficient (Wildman–Crippen LogP) is 6.32. The molecule has 0 bridgehead atoms. The van der Waals surface area contributed by atoms with Crippen LogP contribution in [-0.2, 0) is 14.3 Å². The first-order valence-electron chi connectivity index (χ1n) is 12.0. The molecule has 1 fully saturated rings. The standard InChI is InChI=1S/C26H35ClFN3O3/c1-5-34-26(32)12-18(4)21-13-23(30-19-6-7-25(27)29-15-19)24(14-22(21)28)31(16-17(2)3)20-8-10-33-11-9-20/h6-7,13-15,17-18,20,30H,5,8-12,16H2,1-4H3. The fourth-order valence-corrected chi connectivity index (χ4v) is 4.43. The van der Waals surface area contributed by atoms with Crippen LogP contribution in [0, 0.1) is 11.7 Å². The molecule has 1 N–H and O–H groups in total. The second-order valence-electron chi connectivity index (χ2n) is 9.19. The van der Waals surface area contributed by atoms with Crippen LogP contribution in [0.15, 0.2) is 30.5 Å². The Morgan fingerprint density at radius 3 is 2.65 bits per heavy atom. The molecular weight excluding hydrogens is 457 g/mol. The molecule has 6 nitrogen and oxygen atoms in total. The lowest BCUT2D eigenvalue weighted by Crippen LogP contribution is -2.42. The van der Waals surface area contributed by atoms with E-state index in [4.69, 9.17) is 21.1 Å². The molecule has 1 saturated heterocycles. The van der Waals surface area contributed by atoms with E-state index in [9.17, 15) is 4.79 Å². The van der Waals surface area contributed by atoms with Crippen LogP contribution in [0.3, 0.4) is 0 Å². The number of carbonyl (C=O) groups excluding carboxylic acids is 1. The smallest absolute Gasteiger partial charge is 0.306 e. The van der Waals surface area contributed by atoms with E-state index in [0.717, 1.165) is 36.4 Å². The first kappa shape index (κ1) is 26.2. The van der Waals surface area contributed by atoms with Gasteiger partial charge in [0.15, 0.2) is 0 Å². The third-order valence-corrected chi connectivity index (χ3v) is 6.16. The van der Waals surface area contributed by atoms with Gasteiger partial charge in [-0.25, -0.2) is 9.37 Å². The Morgan fingerprint density at radius 2 is 2.03 bits per heavy atom. The molecule has 0 aliphatic carbocycles. The highest BCUT2D eigenvalue weighted by molar-refractivity contribution is 6.29. The van der Waals surface area contributed by atoms with E-state index in [0.29, 0.717) is 36.5 Å². The SMILES string of the molecule is CCOC(=O)CC(C)c1cc(Nc2ccc(Cl)nc2)c(N(CC(C)C)C2CCOCC2)cc1F. The minimum atomic E-state index is -0.335. The molecular formula is C26H35ClFN3O3. The summed E-state index contributed by atoms with van der Waals surface area (Å²) in [7, 11) is 0. The number of hydrogen-bond acceptors (Lipinski definition) is 6. The van der Waals surface area contributed by atoms with Gasteiger partial charge in [0.2, 0.25) is 0 Å². The molecule has 1 aromatic carbocycles. The number of nitrogens with zero attached hydrogens (tertiary/aromatic N) is 2. The average Bonchev–Trinajstić information content (AvgIpc) is 2.80. The Hall–Kier alpha value is -2.38. The summed E-state index contributed by atoms with van der Waals surface area (Å²) in [5.74, 6) is -0.608. The zero-order valence-corrected chi connectivity index (χ0v) is 21.2. The maximum absolute atomic E-state index is 15.5. The van der Waals surface area contributed by atoms with Gasteiger partial charge in [0.25, 0.3) is 0 Å². The average molecular weight is 492 g/mol. The van der Waals surface area contributed by atoms with Crippen LogP contribution in [0.4, 0.5) is 21.5 Å². The van der Waals surface area contributed by atoms with Crippen LogP contribution >= 0.6 is 11.6 Å². The van der Waals surface area contributed by atoms with Crippen molar-refractivity contribution < 1.29 is 18.7 Å². The van der Waals surface area contributed by atoms with Crippen molar-refractivity contribution in [2.24, 2.45) is 5.92 Å². The van der Waals surface area contributed by atoms with Gasteiger partial charge in [-0.2, -0.15) is 0 Å². The first-order chi connectivity index (χ1) is 16.3. The molecule has 1 aliphatic rings. The largest absolute Gasteiger partial charge is 0.466 e. The lowest BCUT2D eigenvalue weighted by molar-refractivity contribution is -0.143. The molecule has 1 atom stereocenters. The number of esters is 1. The zero-order chi connectivity index (χ0) is 24.7. The summed E-state index contributed by atoms with van der Waals surface area (Å²) in [5, 5.41) is 3.82. The summed E-state index contributed by atoms with van der Waals surface area (Å²) in [6, 6.07) is 7.21. The Bertz CT molecular complexity index is 949. The minimum Gasteiger partial charge on any atom is -0.466 e. The van der Waals surface area contributed by atoms with Crippen molar-refractivity contribution in [2.45, 2.75) is 58.9 Å². The van der Waals surface area contributed by atoms with Gasteiger partial charge in [-0.3, -0.25) is 4.79 Å². The summed E-state index contributed by atoms with van der Waals surface area (Å²) in [4.78, 5) is 18.5. The maximum atomic E-state index is 15.5. The number of carbonyl (C=O) groups is 1. The minimum absolute atomic E-state index is 0.113. The van der Waals surface area contributed by atoms with Crippen LogP contribution < -0.4 is 10.2 Å². The number of halogens is 2. The second-order valence-corrected chi connectivity index (χ2v) is 9.57. The number of pyridine rings is 1. The number of nitrogens with one attached hydrogen (secondary N) is 1. The summed E-state index contributed by atoms with van der Waals surface area (Å²) < 4.78 is 26.2. The molecule has 0 amide bonds. The summed E-state index contributed by atoms with van der Waals surface area (Å²) in [6.45, 7) is 10.4. The van der Waals surface area contributed by atoms with E-state index < -0.39 is 0 Å². The zero-order valence-electron chi connectivity index (χ0n) is 20.4. The highest BCUT2D eigenvalue weighted by atomic mass is 35.5. The highest BCUT2D eigenvalue weighted by Crippen LogP contribution is 2.38. The molecule has 2 heterocycles. The number of benzene rings is 1. The van der Waals surface area contributed by atoms with Crippen molar-refractivity contribution in [1.29, 1.82) is 0 Å². The van der Waals surface area contributed by atoms with Crippen molar-refractivity contribution in [3.05, 3.63) is 47.0 Å². The lowest BCUT2D eigenvalue weighted by atomic mass is 9.95. The number of ether oxygens (including phenoxy) is 2. The molecule has 0 spiro atoms. The molecule has 8 heteroatoms. The number of aromatic nitrogens is 1. The van der Waals surface area contributed by atoms with Crippen molar-refractivity contribution in [2.75, 3.05) is 36.6 Å². The Labute approximate surface area is 206 Å².